The SMILES string of the molecule is Nc1nc(Nc2ccc(Oc3ccnc(Cl)c3)cc2F)cc(-c2ccccc2)n1. The Kier molecular flexibility index (Phi) is 5.22. The lowest BCUT2D eigenvalue weighted by Gasteiger charge is -2.11. The third kappa shape index (κ3) is 4.59. The predicted octanol–water partition coefficient (Wildman–Crippen LogP) is 5.45. The molecule has 4 rings (SSSR count). The largest absolute Gasteiger partial charge is 0.457 e. The Morgan fingerprint density at radius 2 is 1.72 bits per heavy atom. The van der Waals surface area contributed by atoms with E-state index in [0.29, 0.717) is 23.0 Å². The minimum atomic E-state index is -0.513. The molecule has 0 spiro atoms. The van der Waals surface area contributed by atoms with Crippen LogP contribution in [0.15, 0.2) is 72.9 Å². The molecule has 0 aliphatic heterocycles. The molecular weight excluding hydrogens is 393 g/mol. The molecule has 0 saturated carbocycles. The van der Waals surface area contributed by atoms with Crippen LogP contribution in [0.4, 0.5) is 21.8 Å². The highest BCUT2D eigenvalue weighted by Crippen LogP contribution is 2.29. The van der Waals surface area contributed by atoms with E-state index in [0.717, 1.165) is 5.56 Å². The summed E-state index contributed by atoms with van der Waals surface area (Å²) in [5.41, 5.74) is 7.56. The Hall–Kier alpha value is -3.71. The van der Waals surface area contributed by atoms with E-state index >= 15 is 0 Å². The number of pyridine rings is 1. The van der Waals surface area contributed by atoms with Crippen molar-refractivity contribution >= 4 is 29.1 Å². The Morgan fingerprint density at radius 1 is 0.931 bits per heavy atom. The molecule has 0 saturated heterocycles. The highest BCUT2D eigenvalue weighted by Gasteiger charge is 2.09. The summed E-state index contributed by atoms with van der Waals surface area (Å²) in [7, 11) is 0. The molecule has 0 unspecified atom stereocenters. The van der Waals surface area contributed by atoms with Gasteiger partial charge in [-0.05, 0) is 18.2 Å². The molecule has 2 aromatic heterocycles. The third-order valence-corrected chi connectivity index (χ3v) is 4.16. The molecule has 6 nitrogen and oxygen atoms in total. The van der Waals surface area contributed by atoms with Crippen LogP contribution in [0.3, 0.4) is 0 Å². The molecule has 0 radical (unpaired) electrons. The number of nitrogens with one attached hydrogen (secondary N) is 1. The average Bonchev–Trinajstić information content (AvgIpc) is 2.70. The monoisotopic (exact) mass is 407 g/mol. The molecule has 2 aromatic carbocycles. The van der Waals surface area contributed by atoms with Gasteiger partial charge in [0.05, 0.1) is 11.4 Å². The molecular formula is C21H15ClFN5O. The minimum Gasteiger partial charge on any atom is -0.457 e. The van der Waals surface area contributed by atoms with E-state index < -0.39 is 5.82 Å². The summed E-state index contributed by atoms with van der Waals surface area (Å²) < 4.78 is 20.2. The smallest absolute Gasteiger partial charge is 0.222 e. The molecule has 3 N–H and O–H groups in total. The van der Waals surface area contributed by atoms with Gasteiger partial charge in [-0.25, -0.2) is 14.4 Å². The van der Waals surface area contributed by atoms with Crippen molar-refractivity contribution in [3.63, 3.8) is 0 Å². The molecule has 2 heterocycles. The van der Waals surface area contributed by atoms with Gasteiger partial charge in [-0.3, -0.25) is 0 Å². The number of hydrogen-bond acceptors (Lipinski definition) is 6. The van der Waals surface area contributed by atoms with Gasteiger partial charge in [-0.1, -0.05) is 41.9 Å². The number of hydrogen-bond donors (Lipinski definition) is 2. The van der Waals surface area contributed by atoms with Gasteiger partial charge in [-0.15, -0.1) is 0 Å². The zero-order valence-corrected chi connectivity index (χ0v) is 15.8. The average molecular weight is 408 g/mol. The number of benzene rings is 2. The molecule has 0 amide bonds. The van der Waals surface area contributed by atoms with Gasteiger partial charge in [0, 0.05) is 30.0 Å². The quantitative estimate of drug-likeness (QED) is 0.428. The van der Waals surface area contributed by atoms with Crippen LogP contribution in [0.2, 0.25) is 5.15 Å². The standard InChI is InChI=1S/C21H15ClFN5O/c22-19-11-15(8-9-25-19)29-14-6-7-17(16(23)10-14)26-20-12-18(27-21(24)28-20)13-4-2-1-3-5-13/h1-12H,(H3,24,26,27,28). The van der Waals surface area contributed by atoms with Crippen LogP contribution in [0.25, 0.3) is 11.3 Å². The predicted molar refractivity (Wildman–Crippen MR) is 111 cm³/mol. The van der Waals surface area contributed by atoms with Crippen molar-refractivity contribution < 1.29 is 9.13 Å². The van der Waals surface area contributed by atoms with Crippen LogP contribution in [-0.4, -0.2) is 15.0 Å². The lowest BCUT2D eigenvalue weighted by Crippen LogP contribution is -2.02. The minimum absolute atomic E-state index is 0.0868. The Balaban J connectivity index is 1.56. The summed E-state index contributed by atoms with van der Waals surface area (Å²) in [6.45, 7) is 0. The third-order valence-electron chi connectivity index (χ3n) is 3.95. The Labute approximate surface area is 171 Å². The molecule has 0 atom stereocenters. The highest BCUT2D eigenvalue weighted by atomic mass is 35.5. The number of ether oxygens (including phenoxy) is 1. The zero-order valence-electron chi connectivity index (χ0n) is 15.0. The normalized spacial score (nSPS) is 10.6. The second kappa shape index (κ2) is 8.12. The van der Waals surface area contributed by atoms with Crippen LogP contribution in [0.5, 0.6) is 11.5 Å². The molecule has 144 valence electrons. The Bertz CT molecular complexity index is 1160. The van der Waals surface area contributed by atoms with Gasteiger partial charge < -0.3 is 15.8 Å². The van der Waals surface area contributed by atoms with Crippen molar-refractivity contribution in [1.29, 1.82) is 0 Å². The fourth-order valence-corrected chi connectivity index (χ4v) is 2.83. The number of halogens is 2. The topological polar surface area (TPSA) is 86.0 Å². The van der Waals surface area contributed by atoms with Crippen LogP contribution in [0, 0.1) is 5.82 Å². The van der Waals surface area contributed by atoms with Crippen molar-refractivity contribution in [1.82, 2.24) is 15.0 Å². The van der Waals surface area contributed by atoms with E-state index in [1.54, 1.807) is 30.3 Å². The van der Waals surface area contributed by atoms with Crippen LogP contribution in [0.1, 0.15) is 0 Å². The van der Waals surface area contributed by atoms with Crippen molar-refractivity contribution in [3.8, 4) is 22.8 Å². The number of anilines is 3. The number of aromatic nitrogens is 3. The maximum Gasteiger partial charge on any atom is 0.222 e. The van der Waals surface area contributed by atoms with Crippen molar-refractivity contribution in [2.75, 3.05) is 11.1 Å². The van der Waals surface area contributed by atoms with E-state index in [9.17, 15) is 4.39 Å². The van der Waals surface area contributed by atoms with Crippen LogP contribution >= 0.6 is 11.6 Å². The molecule has 4 aromatic rings. The molecule has 0 fully saturated rings. The summed E-state index contributed by atoms with van der Waals surface area (Å²) >= 11 is 5.83. The van der Waals surface area contributed by atoms with E-state index in [1.165, 1.54) is 12.3 Å². The van der Waals surface area contributed by atoms with Crippen LogP contribution < -0.4 is 15.8 Å². The van der Waals surface area contributed by atoms with E-state index in [-0.39, 0.29) is 16.8 Å². The summed E-state index contributed by atoms with van der Waals surface area (Å²) in [4.78, 5) is 12.2. The number of nitrogens with zero attached hydrogens (tertiary/aromatic N) is 3. The van der Waals surface area contributed by atoms with Gasteiger partial charge in [0.15, 0.2) is 0 Å². The first kappa shape index (κ1) is 18.6. The van der Waals surface area contributed by atoms with Gasteiger partial charge in [-0.2, -0.15) is 4.98 Å². The number of nitrogen functional groups attached to an aromatic ring is 1. The van der Waals surface area contributed by atoms with Gasteiger partial charge in [0.25, 0.3) is 0 Å². The van der Waals surface area contributed by atoms with Gasteiger partial charge in [0.2, 0.25) is 5.95 Å². The van der Waals surface area contributed by atoms with Crippen LogP contribution in [-0.2, 0) is 0 Å². The first-order valence-corrected chi connectivity index (χ1v) is 9.00. The summed E-state index contributed by atoms with van der Waals surface area (Å²) in [6, 6.07) is 18.8. The molecule has 0 aliphatic carbocycles. The fourth-order valence-electron chi connectivity index (χ4n) is 2.67. The van der Waals surface area contributed by atoms with E-state index in [4.69, 9.17) is 22.1 Å². The first-order valence-electron chi connectivity index (χ1n) is 8.63. The van der Waals surface area contributed by atoms with Gasteiger partial charge in [0.1, 0.15) is 28.3 Å². The second-order valence-corrected chi connectivity index (χ2v) is 6.43. The molecule has 8 heteroatoms. The van der Waals surface area contributed by atoms with Crippen molar-refractivity contribution in [2.45, 2.75) is 0 Å². The maximum atomic E-state index is 14.6. The zero-order chi connectivity index (χ0) is 20.2. The second-order valence-electron chi connectivity index (χ2n) is 6.05. The summed E-state index contributed by atoms with van der Waals surface area (Å²) in [6.07, 6.45) is 1.51. The molecule has 29 heavy (non-hydrogen) atoms. The highest BCUT2D eigenvalue weighted by molar-refractivity contribution is 6.29. The molecule has 0 aliphatic rings. The summed E-state index contributed by atoms with van der Waals surface area (Å²) in [5, 5.41) is 3.22. The molecule has 0 bridgehead atoms. The maximum absolute atomic E-state index is 14.6. The number of nitrogens with two attached hydrogens (primary N) is 1. The lowest BCUT2D eigenvalue weighted by atomic mass is 10.1. The number of rotatable bonds is 5. The fraction of sp³-hybridized carbons (Fsp3) is 0. The van der Waals surface area contributed by atoms with E-state index in [2.05, 4.69) is 20.3 Å². The first-order chi connectivity index (χ1) is 14.1. The van der Waals surface area contributed by atoms with Gasteiger partial charge >= 0.3 is 0 Å². The van der Waals surface area contributed by atoms with Crippen molar-refractivity contribution in [3.05, 3.63) is 83.9 Å². The lowest BCUT2D eigenvalue weighted by molar-refractivity contribution is 0.476. The van der Waals surface area contributed by atoms with E-state index in [1.807, 2.05) is 30.3 Å². The van der Waals surface area contributed by atoms with Crippen molar-refractivity contribution in [2.24, 2.45) is 0 Å². The summed E-state index contributed by atoms with van der Waals surface area (Å²) in [5.74, 6) is 0.735. The Morgan fingerprint density at radius 3 is 2.48 bits per heavy atom.